The molecule has 0 spiro atoms. The van der Waals surface area contributed by atoms with Crippen LogP contribution in [0.25, 0.3) is 0 Å². The number of nitrogens with one attached hydrogen (secondary N) is 2. The van der Waals surface area contributed by atoms with Crippen LogP contribution in [0, 0.1) is 5.41 Å². The molecule has 1 aromatic heterocycles. The Labute approximate surface area is 112 Å². The minimum absolute atomic E-state index is 0.0570. The van der Waals surface area contributed by atoms with Crippen LogP contribution in [0.1, 0.15) is 44.2 Å². The summed E-state index contributed by atoms with van der Waals surface area (Å²) in [5.74, 6) is 0.178. The maximum atomic E-state index is 12.5. The molecule has 0 aromatic carbocycles. The van der Waals surface area contributed by atoms with Gasteiger partial charge in [-0.2, -0.15) is 0 Å². The van der Waals surface area contributed by atoms with Gasteiger partial charge in [-0.15, -0.1) is 11.3 Å². The van der Waals surface area contributed by atoms with Crippen LogP contribution in [-0.4, -0.2) is 24.0 Å². The first-order valence-electron chi connectivity index (χ1n) is 6.63. The molecule has 1 amide bonds. The summed E-state index contributed by atoms with van der Waals surface area (Å²) < 4.78 is 0. The molecule has 1 aliphatic rings. The number of hydrogen-bond donors (Lipinski definition) is 2. The van der Waals surface area contributed by atoms with Crippen molar-refractivity contribution in [2.24, 2.45) is 5.41 Å². The Kier molecular flexibility index (Phi) is 4.35. The summed E-state index contributed by atoms with van der Waals surface area (Å²) in [6, 6.07) is 0.0570. The first-order valence-corrected chi connectivity index (χ1v) is 7.51. The Morgan fingerprint density at radius 1 is 1.67 bits per heavy atom. The van der Waals surface area contributed by atoms with E-state index < -0.39 is 0 Å². The highest BCUT2D eigenvalue weighted by Crippen LogP contribution is 2.31. The van der Waals surface area contributed by atoms with Gasteiger partial charge in [0, 0.05) is 18.1 Å². The number of rotatable bonds is 5. The van der Waals surface area contributed by atoms with Crippen LogP contribution in [0.5, 0.6) is 0 Å². The molecule has 2 rings (SSSR count). The maximum absolute atomic E-state index is 12.5. The molecule has 0 radical (unpaired) electrons. The fraction of sp³-hybridized carbons (Fsp3) is 0.692. The maximum Gasteiger partial charge on any atom is 0.228 e. The summed E-state index contributed by atoms with van der Waals surface area (Å²) >= 11 is 1.61. The summed E-state index contributed by atoms with van der Waals surface area (Å²) in [5, 5.41) is 9.43. The van der Waals surface area contributed by atoms with Crippen molar-refractivity contribution in [1.82, 2.24) is 15.6 Å². The third-order valence-corrected chi connectivity index (χ3v) is 4.75. The van der Waals surface area contributed by atoms with Gasteiger partial charge in [0.05, 0.1) is 11.5 Å². The molecule has 18 heavy (non-hydrogen) atoms. The van der Waals surface area contributed by atoms with Crippen LogP contribution in [0.2, 0.25) is 0 Å². The van der Waals surface area contributed by atoms with Gasteiger partial charge in [-0.25, -0.2) is 4.98 Å². The van der Waals surface area contributed by atoms with Crippen molar-refractivity contribution >= 4 is 17.2 Å². The smallest absolute Gasteiger partial charge is 0.228 e. The monoisotopic (exact) mass is 267 g/mol. The van der Waals surface area contributed by atoms with Gasteiger partial charge in [0.1, 0.15) is 5.01 Å². The first-order chi connectivity index (χ1) is 8.72. The molecule has 2 N–H and O–H groups in total. The van der Waals surface area contributed by atoms with E-state index in [1.54, 1.807) is 17.5 Å². The third-order valence-electron chi connectivity index (χ3n) is 3.87. The van der Waals surface area contributed by atoms with E-state index in [4.69, 9.17) is 0 Å². The van der Waals surface area contributed by atoms with E-state index in [1.807, 2.05) is 5.38 Å². The highest BCUT2D eigenvalue weighted by molar-refractivity contribution is 7.09. The number of carbonyl (C=O) groups is 1. The lowest BCUT2D eigenvalue weighted by atomic mass is 9.83. The van der Waals surface area contributed by atoms with E-state index in [0.717, 1.165) is 37.4 Å². The van der Waals surface area contributed by atoms with Gasteiger partial charge in [-0.3, -0.25) is 4.79 Å². The van der Waals surface area contributed by atoms with Crippen LogP contribution >= 0.6 is 11.3 Å². The number of thiazole rings is 1. The molecule has 0 aliphatic carbocycles. The van der Waals surface area contributed by atoms with Crippen LogP contribution in [0.15, 0.2) is 11.6 Å². The minimum atomic E-state index is -0.218. The van der Waals surface area contributed by atoms with Gasteiger partial charge in [-0.1, -0.05) is 13.8 Å². The molecule has 0 bridgehead atoms. The average Bonchev–Trinajstić information content (AvgIpc) is 3.06. The van der Waals surface area contributed by atoms with Gasteiger partial charge >= 0.3 is 0 Å². The van der Waals surface area contributed by atoms with Crippen LogP contribution < -0.4 is 10.6 Å². The molecule has 5 heteroatoms. The van der Waals surface area contributed by atoms with Crippen molar-refractivity contribution in [3.63, 3.8) is 0 Å². The zero-order chi connectivity index (χ0) is 13.0. The average molecular weight is 267 g/mol. The molecule has 1 aliphatic heterocycles. The Bertz CT molecular complexity index is 385. The molecule has 2 unspecified atom stereocenters. The standard InChI is InChI=1S/C13H21N3OS/c1-3-10(11-15-7-8-18-11)16-12(17)13(4-2)5-6-14-9-13/h7-8,10,14H,3-6,9H2,1-2H3,(H,16,17). The fourth-order valence-corrected chi connectivity index (χ4v) is 3.23. The molecule has 4 nitrogen and oxygen atoms in total. The third kappa shape index (κ3) is 2.57. The molecule has 100 valence electrons. The lowest BCUT2D eigenvalue weighted by Crippen LogP contribution is -2.43. The van der Waals surface area contributed by atoms with Crippen LogP contribution in [0.3, 0.4) is 0 Å². The van der Waals surface area contributed by atoms with E-state index in [-0.39, 0.29) is 17.4 Å². The van der Waals surface area contributed by atoms with Gasteiger partial charge in [0.25, 0.3) is 0 Å². The van der Waals surface area contributed by atoms with Gasteiger partial charge in [0.15, 0.2) is 0 Å². The summed E-state index contributed by atoms with van der Waals surface area (Å²) in [6.07, 6.45) is 4.50. The molecule has 1 fully saturated rings. The minimum Gasteiger partial charge on any atom is -0.346 e. The predicted molar refractivity (Wildman–Crippen MR) is 73.5 cm³/mol. The predicted octanol–water partition coefficient (Wildman–Crippen LogP) is 2.10. The Morgan fingerprint density at radius 2 is 2.50 bits per heavy atom. The number of amides is 1. The second-order valence-electron chi connectivity index (χ2n) is 4.87. The van der Waals surface area contributed by atoms with Crippen molar-refractivity contribution in [3.05, 3.63) is 16.6 Å². The molecule has 2 heterocycles. The highest BCUT2D eigenvalue weighted by atomic mass is 32.1. The molecule has 1 saturated heterocycles. The summed E-state index contributed by atoms with van der Waals surface area (Å²) in [5.41, 5.74) is -0.218. The number of hydrogen-bond acceptors (Lipinski definition) is 4. The molecular formula is C13H21N3OS. The largest absolute Gasteiger partial charge is 0.346 e. The molecule has 0 saturated carbocycles. The highest BCUT2D eigenvalue weighted by Gasteiger charge is 2.40. The second kappa shape index (κ2) is 5.80. The second-order valence-corrected chi connectivity index (χ2v) is 5.79. The van der Waals surface area contributed by atoms with Crippen molar-refractivity contribution in [2.45, 2.75) is 39.2 Å². The van der Waals surface area contributed by atoms with Crippen molar-refractivity contribution in [3.8, 4) is 0 Å². The van der Waals surface area contributed by atoms with E-state index in [1.165, 1.54) is 0 Å². The quantitative estimate of drug-likeness (QED) is 0.859. The van der Waals surface area contributed by atoms with Gasteiger partial charge < -0.3 is 10.6 Å². The molecular weight excluding hydrogens is 246 g/mol. The fourth-order valence-electron chi connectivity index (χ4n) is 2.46. The summed E-state index contributed by atoms with van der Waals surface area (Å²) in [4.78, 5) is 16.8. The Morgan fingerprint density at radius 3 is 3.00 bits per heavy atom. The van der Waals surface area contributed by atoms with Gasteiger partial charge in [0.2, 0.25) is 5.91 Å². The zero-order valence-corrected chi connectivity index (χ0v) is 11.8. The zero-order valence-electron chi connectivity index (χ0n) is 11.0. The summed E-state index contributed by atoms with van der Waals surface area (Å²) in [7, 11) is 0. The van der Waals surface area contributed by atoms with Crippen molar-refractivity contribution < 1.29 is 4.79 Å². The lowest BCUT2D eigenvalue weighted by Gasteiger charge is -2.27. The van der Waals surface area contributed by atoms with E-state index in [2.05, 4.69) is 29.5 Å². The normalized spacial score (nSPS) is 25.0. The van der Waals surface area contributed by atoms with Crippen LogP contribution in [0.4, 0.5) is 0 Å². The summed E-state index contributed by atoms with van der Waals surface area (Å²) in [6.45, 7) is 5.91. The number of aromatic nitrogens is 1. The van der Waals surface area contributed by atoms with E-state index >= 15 is 0 Å². The van der Waals surface area contributed by atoms with E-state index in [9.17, 15) is 4.79 Å². The first kappa shape index (κ1) is 13.5. The van der Waals surface area contributed by atoms with Crippen LogP contribution in [-0.2, 0) is 4.79 Å². The molecule has 2 atom stereocenters. The van der Waals surface area contributed by atoms with Gasteiger partial charge in [-0.05, 0) is 25.8 Å². The Hall–Kier alpha value is -0.940. The SMILES string of the molecule is CCC(NC(=O)C1(CC)CCNC1)c1nccs1. The van der Waals surface area contributed by atoms with E-state index in [0.29, 0.717) is 0 Å². The Balaban J connectivity index is 2.05. The van der Waals surface area contributed by atoms with Crippen molar-refractivity contribution in [1.29, 1.82) is 0 Å². The molecule has 1 aromatic rings. The number of carbonyl (C=O) groups excluding carboxylic acids is 1. The number of nitrogens with zero attached hydrogens (tertiary/aromatic N) is 1. The topological polar surface area (TPSA) is 54.0 Å². The van der Waals surface area contributed by atoms with Crippen molar-refractivity contribution in [2.75, 3.05) is 13.1 Å². The lowest BCUT2D eigenvalue weighted by molar-refractivity contribution is -0.131.